The van der Waals surface area contributed by atoms with E-state index in [0.29, 0.717) is 45.6 Å². The number of piperidine rings is 1. The highest BCUT2D eigenvalue weighted by atomic mass is 32.2. The average molecular weight is 704 g/mol. The van der Waals surface area contributed by atoms with Gasteiger partial charge in [0.1, 0.15) is 0 Å². The normalized spacial score (nSPS) is 23.9. The number of ether oxygens (including phenoxy) is 1. The van der Waals surface area contributed by atoms with Crippen molar-refractivity contribution in [3.63, 3.8) is 0 Å². The molecule has 15 heteroatoms. The van der Waals surface area contributed by atoms with Crippen molar-refractivity contribution in [3.8, 4) is 5.75 Å². The number of nitrogens with one attached hydrogen (secondary N) is 1. The number of fused-ring (bicyclic) bond motifs is 3. The summed E-state index contributed by atoms with van der Waals surface area (Å²) in [5.41, 5.74) is 0.440. The third kappa shape index (κ3) is 8.46. The SMILES string of the molecule is CC(=O)N(CCN(C)C1CCN(S(=O)(=O)N(C)C)C1)CC(O)CN1[C@@H]2CC[C@H]1CC(NC(=O)Oc1cc3ccccc3n(C(C)C)c1=O)C2. The van der Waals surface area contributed by atoms with Crippen LogP contribution in [0.3, 0.4) is 0 Å². The highest BCUT2D eigenvalue weighted by Crippen LogP contribution is 2.36. The van der Waals surface area contributed by atoms with E-state index in [0.717, 1.165) is 30.2 Å². The van der Waals surface area contributed by atoms with Crippen molar-refractivity contribution in [1.29, 1.82) is 0 Å². The van der Waals surface area contributed by atoms with Crippen molar-refractivity contribution in [2.45, 2.75) is 89.2 Å². The van der Waals surface area contributed by atoms with Crippen LogP contribution >= 0.6 is 0 Å². The Labute approximate surface area is 289 Å². The Bertz CT molecular complexity index is 1650. The number of benzene rings is 1. The molecule has 14 nitrogen and oxygen atoms in total. The number of nitrogens with zero attached hydrogens (tertiary/aromatic N) is 6. The number of aliphatic hydroxyl groups is 1. The van der Waals surface area contributed by atoms with Crippen LogP contribution in [0.5, 0.6) is 5.75 Å². The minimum Gasteiger partial charge on any atom is -0.404 e. The summed E-state index contributed by atoms with van der Waals surface area (Å²) in [6, 6.07) is 9.34. The van der Waals surface area contributed by atoms with Crippen molar-refractivity contribution in [3.05, 3.63) is 40.7 Å². The van der Waals surface area contributed by atoms with Crippen molar-refractivity contribution in [1.82, 2.24) is 33.2 Å². The molecule has 0 saturated carbocycles. The first-order chi connectivity index (χ1) is 23.1. The molecular formula is C34H53N7O7S. The number of aromatic nitrogens is 1. The lowest BCUT2D eigenvalue weighted by atomic mass is 9.97. The summed E-state index contributed by atoms with van der Waals surface area (Å²) in [4.78, 5) is 44.8. The molecule has 3 fully saturated rings. The van der Waals surface area contributed by atoms with E-state index < -0.39 is 22.4 Å². The average Bonchev–Trinajstić information content (AvgIpc) is 3.62. The Morgan fingerprint density at radius 3 is 2.37 bits per heavy atom. The number of amides is 2. The Morgan fingerprint density at radius 1 is 1.06 bits per heavy atom. The lowest BCUT2D eigenvalue weighted by molar-refractivity contribution is -0.130. The molecule has 1 aromatic heterocycles. The van der Waals surface area contributed by atoms with Crippen LogP contribution < -0.4 is 15.6 Å². The molecule has 0 radical (unpaired) electrons. The third-order valence-corrected chi connectivity index (χ3v) is 12.3. The van der Waals surface area contributed by atoms with E-state index >= 15 is 0 Å². The van der Waals surface area contributed by atoms with Crippen LogP contribution in [0.4, 0.5) is 4.79 Å². The van der Waals surface area contributed by atoms with Gasteiger partial charge in [-0.05, 0) is 65.1 Å². The summed E-state index contributed by atoms with van der Waals surface area (Å²) in [5, 5.41) is 14.9. The molecule has 0 aliphatic carbocycles. The maximum atomic E-state index is 13.2. The first-order valence-electron chi connectivity index (χ1n) is 17.4. The summed E-state index contributed by atoms with van der Waals surface area (Å²) in [6.45, 7) is 7.85. The van der Waals surface area contributed by atoms with Crippen LogP contribution in [-0.2, 0) is 15.0 Å². The molecule has 2 amide bonds. The Balaban J connectivity index is 1.11. The summed E-state index contributed by atoms with van der Waals surface area (Å²) in [6.07, 6.45) is 2.65. The van der Waals surface area contributed by atoms with E-state index in [1.165, 1.54) is 29.6 Å². The third-order valence-electron chi connectivity index (χ3n) is 10.4. The van der Waals surface area contributed by atoms with E-state index in [1.54, 1.807) is 15.5 Å². The van der Waals surface area contributed by atoms with Gasteiger partial charge in [-0.3, -0.25) is 14.5 Å². The van der Waals surface area contributed by atoms with E-state index in [2.05, 4.69) is 15.1 Å². The number of pyridine rings is 1. The number of rotatable bonds is 13. The number of para-hydroxylation sites is 1. The van der Waals surface area contributed by atoms with E-state index in [1.807, 2.05) is 45.2 Å². The maximum Gasteiger partial charge on any atom is 0.413 e. The van der Waals surface area contributed by atoms with Crippen LogP contribution in [0.1, 0.15) is 58.9 Å². The Kier molecular flexibility index (Phi) is 11.7. The molecule has 2 N–H and O–H groups in total. The van der Waals surface area contributed by atoms with Gasteiger partial charge in [-0.1, -0.05) is 18.2 Å². The van der Waals surface area contributed by atoms with Gasteiger partial charge in [0.15, 0.2) is 5.75 Å². The van der Waals surface area contributed by atoms with Crippen molar-refractivity contribution in [2.24, 2.45) is 0 Å². The Morgan fingerprint density at radius 2 is 1.73 bits per heavy atom. The van der Waals surface area contributed by atoms with Gasteiger partial charge in [0.05, 0.1) is 11.6 Å². The molecule has 49 heavy (non-hydrogen) atoms. The summed E-state index contributed by atoms with van der Waals surface area (Å²) in [7, 11) is 1.55. The highest BCUT2D eigenvalue weighted by molar-refractivity contribution is 7.86. The van der Waals surface area contributed by atoms with Gasteiger partial charge in [-0.2, -0.15) is 17.0 Å². The zero-order chi connectivity index (χ0) is 35.6. The summed E-state index contributed by atoms with van der Waals surface area (Å²) in [5.74, 6) is -0.122. The summed E-state index contributed by atoms with van der Waals surface area (Å²) < 4.78 is 35.0. The number of hydrogen-bond acceptors (Lipinski definition) is 9. The molecule has 5 rings (SSSR count). The fraction of sp³-hybridized carbons (Fsp3) is 0.676. The molecule has 0 spiro atoms. The van der Waals surface area contributed by atoms with Gasteiger partial charge in [-0.25, -0.2) is 4.79 Å². The van der Waals surface area contributed by atoms with Gasteiger partial charge in [-0.15, -0.1) is 0 Å². The first-order valence-corrected chi connectivity index (χ1v) is 18.7. The minimum absolute atomic E-state index is 0.00265. The van der Waals surface area contributed by atoms with Crippen molar-refractivity contribution >= 4 is 33.1 Å². The minimum atomic E-state index is -3.46. The lowest BCUT2D eigenvalue weighted by Crippen LogP contribution is -2.54. The maximum absolute atomic E-state index is 13.2. The van der Waals surface area contributed by atoms with Gasteiger partial charge >= 0.3 is 6.09 Å². The molecule has 3 aliphatic heterocycles. The number of hydrogen-bond donors (Lipinski definition) is 2. The molecule has 5 atom stereocenters. The molecule has 2 bridgehead atoms. The van der Waals surface area contributed by atoms with E-state index in [9.17, 15) is 27.9 Å². The second-order valence-corrected chi connectivity index (χ2v) is 16.5. The number of carbonyl (C=O) groups is 2. The van der Waals surface area contributed by atoms with E-state index in [4.69, 9.17) is 4.74 Å². The first kappa shape index (κ1) is 37.2. The lowest BCUT2D eigenvalue weighted by Gasteiger charge is -2.40. The number of likely N-dealkylation sites (N-methyl/N-ethyl adjacent to an activating group) is 1. The van der Waals surface area contributed by atoms with Crippen LogP contribution in [0, 0.1) is 0 Å². The number of aliphatic hydroxyl groups excluding tert-OH is 1. The van der Waals surface area contributed by atoms with E-state index in [-0.39, 0.29) is 54.0 Å². The van der Waals surface area contributed by atoms with Crippen LogP contribution in [0.25, 0.3) is 10.9 Å². The predicted molar refractivity (Wildman–Crippen MR) is 188 cm³/mol. The van der Waals surface area contributed by atoms with Crippen molar-refractivity contribution in [2.75, 3.05) is 60.4 Å². The predicted octanol–water partition coefficient (Wildman–Crippen LogP) is 1.69. The topological polar surface area (TPSA) is 148 Å². The molecule has 3 aliphatic rings. The van der Waals surface area contributed by atoms with Crippen LogP contribution in [-0.4, -0.2) is 144 Å². The number of carbonyl (C=O) groups excluding carboxylic acids is 2. The molecule has 4 heterocycles. The van der Waals surface area contributed by atoms with Gasteiger partial charge < -0.3 is 29.5 Å². The second-order valence-electron chi connectivity index (χ2n) is 14.3. The zero-order valence-electron chi connectivity index (χ0n) is 29.6. The monoisotopic (exact) mass is 703 g/mol. The smallest absolute Gasteiger partial charge is 0.404 e. The fourth-order valence-corrected chi connectivity index (χ4v) is 8.90. The summed E-state index contributed by atoms with van der Waals surface area (Å²) >= 11 is 0. The zero-order valence-corrected chi connectivity index (χ0v) is 30.4. The molecular weight excluding hydrogens is 650 g/mol. The fourth-order valence-electron chi connectivity index (χ4n) is 7.74. The molecule has 1 aromatic carbocycles. The molecule has 2 aromatic rings. The van der Waals surface area contributed by atoms with Crippen molar-refractivity contribution < 1.29 is 27.9 Å². The molecule has 272 valence electrons. The van der Waals surface area contributed by atoms with Gasteiger partial charge in [0.2, 0.25) is 5.91 Å². The highest BCUT2D eigenvalue weighted by Gasteiger charge is 2.42. The second kappa shape index (κ2) is 15.4. The van der Waals surface area contributed by atoms with Gasteiger partial charge in [0.25, 0.3) is 15.8 Å². The Hall–Kier alpha value is -3.08. The van der Waals surface area contributed by atoms with Crippen LogP contribution in [0.15, 0.2) is 35.1 Å². The quantitative estimate of drug-likeness (QED) is 0.318. The largest absolute Gasteiger partial charge is 0.413 e. The molecule has 3 saturated heterocycles. The standard InChI is InChI=1S/C34H53N7O7S/c1-23(2)41-31-10-8-7-9-25(31)17-32(33(41)44)48-34(45)35-26-18-27-11-12-28(19-26)40(27)22-30(43)21-38(24(3)42)16-15-37(6)29-13-14-39(20-29)49(46,47)36(4)5/h7-10,17,23,26-30,43H,11-16,18-22H2,1-6H3,(H,35,45)/t26?,27-,28+,29?,30?. The van der Waals surface area contributed by atoms with Gasteiger partial charge in [0, 0.05) is 95.9 Å². The molecule has 3 unspecified atom stereocenters. The van der Waals surface area contributed by atoms with Crippen LogP contribution in [0.2, 0.25) is 0 Å².